The number of hydrogen-bond donors (Lipinski definition) is 3. The first kappa shape index (κ1) is 13.1. The van der Waals surface area contributed by atoms with Crippen LogP contribution in [0.3, 0.4) is 0 Å². The van der Waals surface area contributed by atoms with Gasteiger partial charge in [0.1, 0.15) is 0 Å². The van der Waals surface area contributed by atoms with Crippen LogP contribution in [0, 0.1) is 0 Å². The molecule has 0 saturated carbocycles. The lowest BCUT2D eigenvalue weighted by molar-refractivity contribution is 0.100. The maximum atomic E-state index is 11.1. The molecular weight excluding hydrogens is 240 g/mol. The molecule has 0 atom stereocenters. The van der Waals surface area contributed by atoms with Crippen LogP contribution in [0.5, 0.6) is 0 Å². The van der Waals surface area contributed by atoms with Crippen LogP contribution in [-0.4, -0.2) is 11.0 Å². The Balaban J connectivity index is 2.01. The van der Waals surface area contributed by atoms with Crippen molar-refractivity contribution in [2.75, 3.05) is 5.32 Å². The predicted octanol–water partition coefficient (Wildman–Crippen LogP) is 1.89. The van der Waals surface area contributed by atoms with E-state index in [4.69, 9.17) is 10.8 Å². The van der Waals surface area contributed by atoms with Gasteiger partial charge >= 0.3 is 0 Å². The van der Waals surface area contributed by atoms with Gasteiger partial charge < -0.3 is 16.2 Å². The van der Waals surface area contributed by atoms with Crippen LogP contribution in [0.2, 0.25) is 0 Å². The lowest BCUT2D eigenvalue weighted by atomic mass is 10.1. The summed E-state index contributed by atoms with van der Waals surface area (Å²) in [5, 5.41) is 12.2. The second-order valence-electron chi connectivity index (χ2n) is 4.27. The van der Waals surface area contributed by atoms with Crippen molar-refractivity contribution in [3.8, 4) is 0 Å². The molecule has 0 aromatic heterocycles. The van der Waals surface area contributed by atoms with Crippen molar-refractivity contribution in [1.29, 1.82) is 0 Å². The number of anilines is 1. The summed E-state index contributed by atoms with van der Waals surface area (Å²) >= 11 is 0. The van der Waals surface area contributed by atoms with E-state index in [0.717, 1.165) is 16.8 Å². The lowest BCUT2D eigenvalue weighted by Gasteiger charge is -2.08. The summed E-state index contributed by atoms with van der Waals surface area (Å²) in [6.45, 7) is 0.697. The van der Waals surface area contributed by atoms with Crippen LogP contribution in [0.25, 0.3) is 0 Å². The quantitative estimate of drug-likeness (QED) is 0.764. The first-order chi connectivity index (χ1) is 9.19. The maximum absolute atomic E-state index is 11.1. The van der Waals surface area contributed by atoms with Gasteiger partial charge in [-0.3, -0.25) is 4.79 Å². The molecule has 4 N–H and O–H groups in total. The first-order valence-electron chi connectivity index (χ1n) is 6.01. The third kappa shape index (κ3) is 3.56. The van der Waals surface area contributed by atoms with E-state index in [1.165, 1.54) is 0 Å². The predicted molar refractivity (Wildman–Crippen MR) is 74.7 cm³/mol. The molecule has 4 nitrogen and oxygen atoms in total. The molecule has 0 radical (unpaired) electrons. The summed E-state index contributed by atoms with van der Waals surface area (Å²) in [5.41, 5.74) is 8.55. The van der Waals surface area contributed by atoms with Gasteiger partial charge in [-0.25, -0.2) is 0 Å². The average Bonchev–Trinajstić information content (AvgIpc) is 2.46. The number of rotatable bonds is 5. The van der Waals surface area contributed by atoms with Crippen LogP contribution in [-0.2, 0) is 13.2 Å². The number of nitrogens with two attached hydrogens (primary N) is 1. The molecule has 98 valence electrons. The zero-order chi connectivity index (χ0) is 13.7. The summed E-state index contributed by atoms with van der Waals surface area (Å²) in [6, 6.07) is 14.8. The third-order valence-electron chi connectivity index (χ3n) is 2.85. The molecular formula is C15H16N2O2. The summed E-state index contributed by atoms with van der Waals surface area (Å²) in [5.74, 6) is -0.434. The molecule has 0 heterocycles. The fraction of sp³-hybridized carbons (Fsp3) is 0.133. The van der Waals surface area contributed by atoms with E-state index in [2.05, 4.69) is 5.32 Å². The van der Waals surface area contributed by atoms with Gasteiger partial charge in [0.25, 0.3) is 0 Å². The number of amides is 1. The fourth-order valence-corrected chi connectivity index (χ4v) is 1.75. The Morgan fingerprint density at radius 2 is 1.79 bits per heavy atom. The number of benzene rings is 2. The van der Waals surface area contributed by atoms with E-state index in [0.29, 0.717) is 12.1 Å². The van der Waals surface area contributed by atoms with Gasteiger partial charge in [-0.15, -0.1) is 0 Å². The number of nitrogens with one attached hydrogen (secondary N) is 1. The topological polar surface area (TPSA) is 75.4 Å². The summed E-state index contributed by atoms with van der Waals surface area (Å²) in [7, 11) is 0. The Kier molecular flexibility index (Phi) is 4.15. The van der Waals surface area contributed by atoms with Gasteiger partial charge in [0, 0.05) is 17.8 Å². The summed E-state index contributed by atoms with van der Waals surface area (Å²) in [6.07, 6.45) is 0. The zero-order valence-corrected chi connectivity index (χ0v) is 10.5. The Labute approximate surface area is 111 Å². The maximum Gasteiger partial charge on any atom is 0.248 e. The second kappa shape index (κ2) is 6.02. The van der Waals surface area contributed by atoms with Crippen molar-refractivity contribution in [2.24, 2.45) is 5.73 Å². The smallest absolute Gasteiger partial charge is 0.248 e. The van der Waals surface area contributed by atoms with Crippen molar-refractivity contribution in [1.82, 2.24) is 0 Å². The summed E-state index contributed by atoms with van der Waals surface area (Å²) in [4.78, 5) is 11.1. The molecule has 0 spiro atoms. The van der Waals surface area contributed by atoms with Gasteiger partial charge in [0.05, 0.1) is 6.61 Å². The van der Waals surface area contributed by atoms with Crippen LogP contribution < -0.4 is 11.1 Å². The molecule has 2 aromatic rings. The minimum Gasteiger partial charge on any atom is -0.392 e. The number of aliphatic hydroxyl groups excluding tert-OH is 1. The molecule has 2 rings (SSSR count). The van der Waals surface area contributed by atoms with Gasteiger partial charge in [-0.1, -0.05) is 30.3 Å². The molecule has 0 saturated heterocycles. The normalized spacial score (nSPS) is 10.2. The molecule has 0 aliphatic carbocycles. The van der Waals surface area contributed by atoms with Gasteiger partial charge in [-0.05, 0) is 29.3 Å². The Bertz CT molecular complexity index is 565. The minimum absolute atomic E-state index is 0.0500. The monoisotopic (exact) mass is 256 g/mol. The molecule has 1 amide bonds. The van der Waals surface area contributed by atoms with E-state index in [-0.39, 0.29) is 6.61 Å². The van der Waals surface area contributed by atoms with E-state index in [9.17, 15) is 4.79 Å². The molecule has 0 aliphatic heterocycles. The highest BCUT2D eigenvalue weighted by atomic mass is 16.3. The standard InChI is InChI=1S/C15H16N2O2/c16-15(19)13-2-1-3-14(8-13)17-9-11-4-6-12(10-18)7-5-11/h1-8,17-18H,9-10H2,(H2,16,19). The molecule has 0 bridgehead atoms. The Morgan fingerprint density at radius 1 is 1.11 bits per heavy atom. The van der Waals surface area contributed by atoms with E-state index in [1.54, 1.807) is 18.2 Å². The third-order valence-corrected chi connectivity index (χ3v) is 2.85. The fourth-order valence-electron chi connectivity index (χ4n) is 1.75. The SMILES string of the molecule is NC(=O)c1cccc(NCc2ccc(CO)cc2)c1. The number of aliphatic hydroxyl groups is 1. The highest BCUT2D eigenvalue weighted by Crippen LogP contribution is 2.12. The van der Waals surface area contributed by atoms with Crippen molar-refractivity contribution in [2.45, 2.75) is 13.2 Å². The molecule has 0 aliphatic rings. The number of carbonyl (C=O) groups excluding carboxylic acids is 1. The van der Waals surface area contributed by atoms with Crippen molar-refractivity contribution < 1.29 is 9.90 Å². The van der Waals surface area contributed by atoms with Crippen LogP contribution in [0.4, 0.5) is 5.69 Å². The van der Waals surface area contributed by atoms with Crippen molar-refractivity contribution in [3.63, 3.8) is 0 Å². The van der Waals surface area contributed by atoms with Crippen LogP contribution in [0.1, 0.15) is 21.5 Å². The Morgan fingerprint density at radius 3 is 2.42 bits per heavy atom. The first-order valence-corrected chi connectivity index (χ1v) is 6.01. The minimum atomic E-state index is -0.434. The number of carbonyl (C=O) groups is 1. The van der Waals surface area contributed by atoms with Crippen LogP contribution in [0.15, 0.2) is 48.5 Å². The van der Waals surface area contributed by atoms with Crippen LogP contribution >= 0.6 is 0 Å². The zero-order valence-electron chi connectivity index (χ0n) is 10.5. The van der Waals surface area contributed by atoms with E-state index in [1.807, 2.05) is 30.3 Å². The largest absolute Gasteiger partial charge is 0.392 e. The highest BCUT2D eigenvalue weighted by Gasteiger charge is 2.01. The van der Waals surface area contributed by atoms with Crippen molar-refractivity contribution in [3.05, 3.63) is 65.2 Å². The molecule has 0 unspecified atom stereocenters. The summed E-state index contributed by atoms with van der Waals surface area (Å²) < 4.78 is 0. The average molecular weight is 256 g/mol. The molecule has 2 aromatic carbocycles. The van der Waals surface area contributed by atoms with Crippen molar-refractivity contribution >= 4 is 11.6 Å². The number of hydrogen-bond acceptors (Lipinski definition) is 3. The lowest BCUT2D eigenvalue weighted by Crippen LogP contribution is -2.11. The van der Waals surface area contributed by atoms with E-state index < -0.39 is 5.91 Å². The van der Waals surface area contributed by atoms with Gasteiger partial charge in [-0.2, -0.15) is 0 Å². The van der Waals surface area contributed by atoms with E-state index >= 15 is 0 Å². The second-order valence-corrected chi connectivity index (χ2v) is 4.27. The van der Waals surface area contributed by atoms with Gasteiger partial charge in [0.2, 0.25) is 5.91 Å². The Hall–Kier alpha value is -2.33. The number of primary amides is 1. The van der Waals surface area contributed by atoms with Gasteiger partial charge in [0.15, 0.2) is 0 Å². The molecule has 4 heteroatoms. The molecule has 19 heavy (non-hydrogen) atoms. The molecule has 0 fully saturated rings. The highest BCUT2D eigenvalue weighted by molar-refractivity contribution is 5.93.